The second-order valence-corrected chi connectivity index (χ2v) is 1.58. The molecular weight excluding hydrogens is 308 g/mol. The Hall–Kier alpha value is -0.318. The van der Waals surface area contributed by atoms with E-state index >= 15 is 0 Å². The summed E-state index contributed by atoms with van der Waals surface area (Å²) in [4.78, 5) is 3.92. The van der Waals surface area contributed by atoms with Crippen LogP contribution in [0.25, 0.3) is 0 Å². The second kappa shape index (κ2) is 9.68. The first-order valence-electron chi connectivity index (χ1n) is 3.63. The first kappa shape index (κ1) is 13.3. The molecule has 0 aliphatic rings. The molecule has 0 atom stereocenters. The van der Waals surface area contributed by atoms with Crippen molar-refractivity contribution in [2.45, 2.75) is 20.8 Å². The maximum Gasteiger partial charge on any atom is 0 e. The molecule has 0 amide bonds. The van der Waals surface area contributed by atoms with Crippen molar-refractivity contribution in [1.29, 1.82) is 0 Å². The van der Waals surface area contributed by atoms with Crippen LogP contribution in [0.4, 0.5) is 0 Å². The maximum atomic E-state index is 3.92. The van der Waals surface area contributed by atoms with Crippen LogP contribution in [-0.2, 0) is 20.4 Å². The van der Waals surface area contributed by atoms with E-state index in [2.05, 4.69) is 4.98 Å². The Balaban J connectivity index is 0. The molecule has 1 rings (SSSR count). The summed E-state index contributed by atoms with van der Waals surface area (Å²) in [5.41, 5.74) is 1.17. The van der Waals surface area contributed by atoms with Gasteiger partial charge in [-0.1, -0.05) is 27.0 Å². The van der Waals surface area contributed by atoms with Crippen molar-refractivity contribution in [3.05, 3.63) is 36.5 Å². The molecule has 1 radical (unpaired) electrons. The number of nitrogens with zero attached hydrogens (tertiary/aromatic N) is 1. The van der Waals surface area contributed by atoms with Crippen LogP contribution in [-0.4, -0.2) is 4.98 Å². The zero-order chi connectivity index (χ0) is 7.82. The van der Waals surface area contributed by atoms with Gasteiger partial charge in [0.05, 0.1) is 0 Å². The average Bonchev–Trinajstić information content (AvgIpc) is 2.10. The second-order valence-electron chi connectivity index (χ2n) is 1.58. The Kier molecular flexibility index (Phi) is 11.7. The Morgan fingerprint density at radius 1 is 1.36 bits per heavy atom. The molecule has 0 aliphatic carbocycles. The number of rotatable bonds is 1. The molecule has 0 fully saturated rings. The standard InChI is InChI=1S/C7H8N.C2H6.Re/c1-2-7-4-3-5-8-6-7;1-2;/h2-6H,1H3;1-2H3;/q-1;;. The molecule has 0 saturated carbocycles. The molecule has 1 heterocycles. The van der Waals surface area contributed by atoms with Crippen molar-refractivity contribution in [1.82, 2.24) is 4.98 Å². The van der Waals surface area contributed by atoms with Gasteiger partial charge < -0.3 is 4.98 Å². The molecule has 0 bridgehead atoms. The zero-order valence-electron chi connectivity index (χ0n) is 7.21. The van der Waals surface area contributed by atoms with Gasteiger partial charge in [-0.2, -0.15) is 18.1 Å². The van der Waals surface area contributed by atoms with Crippen LogP contribution < -0.4 is 0 Å². The molecule has 1 aromatic rings. The van der Waals surface area contributed by atoms with Gasteiger partial charge in [-0.3, -0.25) is 0 Å². The molecular formula is C9H14NRe-. The van der Waals surface area contributed by atoms with Crippen molar-refractivity contribution in [3.63, 3.8) is 0 Å². The molecule has 0 aliphatic heterocycles. The molecule has 0 spiro atoms. The fraction of sp³-hybridized carbons (Fsp3) is 0.333. The third-order valence-corrected chi connectivity index (χ3v) is 1.02. The average molecular weight is 322 g/mol. The van der Waals surface area contributed by atoms with Gasteiger partial charge in [0, 0.05) is 20.4 Å². The molecule has 11 heavy (non-hydrogen) atoms. The largest absolute Gasteiger partial charge is 0.329 e. The van der Waals surface area contributed by atoms with Crippen LogP contribution in [0.3, 0.4) is 0 Å². The molecule has 1 nitrogen and oxygen atoms in total. The van der Waals surface area contributed by atoms with Gasteiger partial charge in [-0.15, -0.1) is 6.07 Å². The van der Waals surface area contributed by atoms with Gasteiger partial charge in [0.2, 0.25) is 0 Å². The third-order valence-electron chi connectivity index (χ3n) is 1.02. The van der Waals surface area contributed by atoms with Gasteiger partial charge >= 0.3 is 0 Å². The summed E-state index contributed by atoms with van der Waals surface area (Å²) >= 11 is 0. The minimum atomic E-state index is 0. The summed E-state index contributed by atoms with van der Waals surface area (Å²) in [7, 11) is 0. The van der Waals surface area contributed by atoms with E-state index < -0.39 is 0 Å². The summed E-state index contributed by atoms with van der Waals surface area (Å²) in [6, 6.07) is 3.95. The summed E-state index contributed by atoms with van der Waals surface area (Å²) in [5, 5.41) is 0. The summed E-state index contributed by atoms with van der Waals surface area (Å²) < 4.78 is 0. The minimum absolute atomic E-state index is 0. The van der Waals surface area contributed by atoms with E-state index in [1.807, 2.05) is 45.5 Å². The number of pyridine rings is 1. The van der Waals surface area contributed by atoms with Crippen molar-refractivity contribution in [3.8, 4) is 0 Å². The van der Waals surface area contributed by atoms with Gasteiger partial charge in [0.15, 0.2) is 0 Å². The smallest absolute Gasteiger partial charge is 0 e. The molecule has 0 N–H and O–H groups in total. The molecule has 1 aromatic heterocycles. The number of hydrogen-bond acceptors (Lipinski definition) is 1. The summed E-state index contributed by atoms with van der Waals surface area (Å²) in [6.45, 7) is 6.00. The van der Waals surface area contributed by atoms with Gasteiger partial charge in [-0.25, -0.2) is 0 Å². The minimum Gasteiger partial charge on any atom is -0.329 e. The predicted octanol–water partition coefficient (Wildman–Crippen LogP) is 2.68. The molecule has 63 valence electrons. The molecule has 0 saturated heterocycles. The Morgan fingerprint density at radius 3 is 2.27 bits per heavy atom. The monoisotopic (exact) mass is 323 g/mol. The van der Waals surface area contributed by atoms with Crippen LogP contribution in [0.2, 0.25) is 0 Å². The van der Waals surface area contributed by atoms with Crippen LogP contribution in [0, 0.1) is 6.42 Å². The van der Waals surface area contributed by atoms with Gasteiger partial charge in [0.25, 0.3) is 0 Å². The number of aromatic nitrogens is 1. The van der Waals surface area contributed by atoms with Crippen LogP contribution in [0.5, 0.6) is 0 Å². The SMILES string of the molecule is CC.C[CH-]c1cccnc1.[Re]. The molecule has 0 unspecified atom stereocenters. The Labute approximate surface area is 82.9 Å². The van der Waals surface area contributed by atoms with Crippen molar-refractivity contribution < 1.29 is 20.4 Å². The van der Waals surface area contributed by atoms with E-state index in [-0.39, 0.29) is 20.4 Å². The van der Waals surface area contributed by atoms with Crippen molar-refractivity contribution in [2.24, 2.45) is 0 Å². The first-order valence-corrected chi connectivity index (χ1v) is 3.63. The van der Waals surface area contributed by atoms with Gasteiger partial charge in [0.1, 0.15) is 0 Å². The van der Waals surface area contributed by atoms with Crippen LogP contribution in [0.1, 0.15) is 26.3 Å². The quantitative estimate of drug-likeness (QED) is 0.725. The van der Waals surface area contributed by atoms with E-state index in [0.29, 0.717) is 0 Å². The van der Waals surface area contributed by atoms with E-state index in [9.17, 15) is 0 Å². The van der Waals surface area contributed by atoms with Crippen LogP contribution >= 0.6 is 0 Å². The first-order chi connectivity index (χ1) is 4.93. The Bertz CT molecular complexity index is 151. The topological polar surface area (TPSA) is 12.9 Å². The molecule has 2 heteroatoms. The number of hydrogen-bond donors (Lipinski definition) is 0. The summed E-state index contributed by atoms with van der Waals surface area (Å²) in [5.74, 6) is 0. The fourth-order valence-corrected chi connectivity index (χ4v) is 0.547. The fourth-order valence-electron chi connectivity index (χ4n) is 0.547. The normalized spacial score (nSPS) is 6.82. The van der Waals surface area contributed by atoms with E-state index in [0.717, 1.165) is 0 Å². The predicted molar refractivity (Wildman–Crippen MR) is 44.7 cm³/mol. The van der Waals surface area contributed by atoms with E-state index in [1.54, 1.807) is 6.20 Å². The van der Waals surface area contributed by atoms with Crippen molar-refractivity contribution in [2.75, 3.05) is 0 Å². The van der Waals surface area contributed by atoms with Crippen molar-refractivity contribution >= 4 is 0 Å². The Morgan fingerprint density at radius 2 is 2.00 bits per heavy atom. The van der Waals surface area contributed by atoms with Gasteiger partial charge in [-0.05, 0) is 6.20 Å². The molecule has 0 aromatic carbocycles. The zero-order valence-corrected chi connectivity index (χ0v) is 9.93. The van der Waals surface area contributed by atoms with Crippen LogP contribution in [0.15, 0.2) is 24.5 Å². The third kappa shape index (κ3) is 6.10. The van der Waals surface area contributed by atoms with E-state index in [1.165, 1.54) is 5.56 Å². The maximum absolute atomic E-state index is 3.92. The van der Waals surface area contributed by atoms with E-state index in [4.69, 9.17) is 0 Å². The summed E-state index contributed by atoms with van der Waals surface area (Å²) in [6.07, 6.45) is 5.62.